The second kappa shape index (κ2) is 5.85. The molecule has 0 radical (unpaired) electrons. The van der Waals surface area contributed by atoms with Gasteiger partial charge in [-0.25, -0.2) is 13.6 Å². The lowest BCUT2D eigenvalue weighted by Crippen LogP contribution is -2.11. The number of primary sulfonamides is 1. The standard InChI is InChI=1S/C7H9NO2S.C3H9N/c1-6-2-4-7(5-3-6)11(8,9)10;1-4(2)3/h2-5H,1H3,(H2,8,9,10);1-3H3. The highest BCUT2D eigenvalue weighted by atomic mass is 32.2. The molecule has 1 aromatic rings. The van der Waals surface area contributed by atoms with Crippen LogP contribution in [-0.2, 0) is 10.0 Å². The fourth-order valence-corrected chi connectivity index (χ4v) is 1.24. The van der Waals surface area contributed by atoms with Crippen molar-refractivity contribution in [3.8, 4) is 0 Å². The first-order valence-electron chi connectivity index (χ1n) is 4.44. The first kappa shape index (κ1) is 14.1. The average molecular weight is 230 g/mol. The van der Waals surface area contributed by atoms with Crippen molar-refractivity contribution in [3.05, 3.63) is 29.8 Å². The molecule has 1 rings (SSSR count). The molecule has 1 aromatic carbocycles. The summed E-state index contributed by atoms with van der Waals surface area (Å²) in [6.45, 7) is 1.88. The second-order valence-electron chi connectivity index (χ2n) is 3.70. The number of benzene rings is 1. The Kier molecular flexibility index (Phi) is 5.49. The Balaban J connectivity index is 0.000000423. The van der Waals surface area contributed by atoms with Gasteiger partial charge in [0.1, 0.15) is 0 Å². The van der Waals surface area contributed by atoms with Crippen LogP contribution in [-0.4, -0.2) is 34.5 Å². The van der Waals surface area contributed by atoms with Gasteiger partial charge in [-0.2, -0.15) is 0 Å². The van der Waals surface area contributed by atoms with Crippen molar-refractivity contribution in [3.63, 3.8) is 0 Å². The number of rotatable bonds is 1. The molecule has 0 saturated carbocycles. The van der Waals surface area contributed by atoms with E-state index in [-0.39, 0.29) is 4.90 Å². The normalized spacial score (nSPS) is 10.8. The number of aryl methyl sites for hydroxylation is 1. The summed E-state index contributed by atoms with van der Waals surface area (Å²) in [6, 6.07) is 6.40. The zero-order valence-corrected chi connectivity index (χ0v) is 10.4. The first-order valence-corrected chi connectivity index (χ1v) is 5.98. The summed E-state index contributed by atoms with van der Waals surface area (Å²) in [5, 5.41) is 4.88. The third-order valence-electron chi connectivity index (χ3n) is 1.35. The third kappa shape index (κ3) is 7.07. The molecule has 0 fully saturated rings. The molecule has 0 spiro atoms. The average Bonchev–Trinajstić information content (AvgIpc) is 2.01. The summed E-state index contributed by atoms with van der Waals surface area (Å²) >= 11 is 0. The molecule has 0 saturated heterocycles. The van der Waals surface area contributed by atoms with E-state index in [2.05, 4.69) is 0 Å². The maximum absolute atomic E-state index is 10.7. The molecule has 2 N–H and O–H groups in total. The molecule has 5 heteroatoms. The zero-order chi connectivity index (χ0) is 12.1. The van der Waals surface area contributed by atoms with Crippen LogP contribution in [0.15, 0.2) is 29.2 Å². The summed E-state index contributed by atoms with van der Waals surface area (Å²) in [6.07, 6.45) is 0. The van der Waals surface area contributed by atoms with Crippen molar-refractivity contribution in [1.82, 2.24) is 4.90 Å². The van der Waals surface area contributed by atoms with Gasteiger partial charge in [-0.05, 0) is 40.2 Å². The second-order valence-corrected chi connectivity index (χ2v) is 5.26. The lowest BCUT2D eigenvalue weighted by Gasteiger charge is -1.96. The minimum atomic E-state index is -3.52. The molecule has 0 aliphatic rings. The van der Waals surface area contributed by atoms with Gasteiger partial charge in [-0.1, -0.05) is 17.7 Å². The van der Waals surface area contributed by atoms with Gasteiger partial charge in [0.2, 0.25) is 10.0 Å². The Bertz CT molecular complexity index is 380. The zero-order valence-electron chi connectivity index (χ0n) is 9.56. The Morgan fingerprint density at radius 3 is 1.67 bits per heavy atom. The van der Waals surface area contributed by atoms with E-state index < -0.39 is 10.0 Å². The van der Waals surface area contributed by atoms with E-state index in [1.807, 2.05) is 33.0 Å². The van der Waals surface area contributed by atoms with Gasteiger partial charge in [0.25, 0.3) is 0 Å². The maximum atomic E-state index is 10.7. The molecule has 0 amide bonds. The van der Waals surface area contributed by atoms with Gasteiger partial charge >= 0.3 is 0 Å². The van der Waals surface area contributed by atoms with Gasteiger partial charge in [-0.15, -0.1) is 0 Å². The van der Waals surface area contributed by atoms with Crippen LogP contribution in [0.4, 0.5) is 0 Å². The monoisotopic (exact) mass is 230 g/mol. The summed E-state index contributed by atoms with van der Waals surface area (Å²) in [7, 11) is 2.48. The van der Waals surface area contributed by atoms with Crippen LogP contribution in [0.2, 0.25) is 0 Å². The van der Waals surface area contributed by atoms with Gasteiger partial charge in [0.15, 0.2) is 0 Å². The molecule has 0 aromatic heterocycles. The molecular formula is C10H18N2O2S. The van der Waals surface area contributed by atoms with Crippen LogP contribution < -0.4 is 5.14 Å². The highest BCUT2D eigenvalue weighted by molar-refractivity contribution is 7.89. The summed E-state index contributed by atoms with van der Waals surface area (Å²) in [4.78, 5) is 2.16. The number of nitrogens with zero attached hydrogens (tertiary/aromatic N) is 1. The van der Waals surface area contributed by atoms with Crippen LogP contribution in [0.3, 0.4) is 0 Å². The molecule has 0 atom stereocenters. The molecule has 0 heterocycles. The number of hydrogen-bond acceptors (Lipinski definition) is 3. The largest absolute Gasteiger partial charge is 0.312 e. The number of hydrogen-bond donors (Lipinski definition) is 1. The number of sulfonamides is 1. The Morgan fingerprint density at radius 2 is 1.40 bits per heavy atom. The number of nitrogens with two attached hydrogens (primary N) is 1. The molecule has 0 aliphatic heterocycles. The van der Waals surface area contributed by atoms with E-state index in [9.17, 15) is 8.42 Å². The van der Waals surface area contributed by atoms with Crippen LogP contribution in [0.25, 0.3) is 0 Å². The molecule has 0 bridgehead atoms. The summed E-state index contributed by atoms with van der Waals surface area (Å²) in [5.74, 6) is 0. The van der Waals surface area contributed by atoms with Crippen molar-refractivity contribution < 1.29 is 8.42 Å². The topological polar surface area (TPSA) is 63.4 Å². The molecule has 4 nitrogen and oxygen atoms in total. The van der Waals surface area contributed by atoms with Gasteiger partial charge < -0.3 is 4.90 Å². The van der Waals surface area contributed by atoms with E-state index in [4.69, 9.17) is 5.14 Å². The lowest BCUT2D eigenvalue weighted by molar-refractivity contribution is 0.505. The fraction of sp³-hybridized carbons (Fsp3) is 0.400. The SMILES string of the molecule is CN(C)C.Cc1ccc(S(N)(=O)=O)cc1. The van der Waals surface area contributed by atoms with Crippen LogP contribution in [0, 0.1) is 6.92 Å². The van der Waals surface area contributed by atoms with E-state index in [1.54, 1.807) is 12.1 Å². The van der Waals surface area contributed by atoms with Crippen molar-refractivity contribution in [2.24, 2.45) is 5.14 Å². The smallest absolute Gasteiger partial charge is 0.238 e. The van der Waals surface area contributed by atoms with E-state index >= 15 is 0 Å². The minimum Gasteiger partial charge on any atom is -0.312 e. The van der Waals surface area contributed by atoms with E-state index in [0.29, 0.717) is 0 Å². The van der Waals surface area contributed by atoms with E-state index in [1.165, 1.54) is 12.1 Å². The molecule has 0 unspecified atom stereocenters. The third-order valence-corrected chi connectivity index (χ3v) is 2.28. The quantitative estimate of drug-likeness (QED) is 0.777. The van der Waals surface area contributed by atoms with Crippen molar-refractivity contribution in [2.75, 3.05) is 21.1 Å². The summed E-state index contributed by atoms with van der Waals surface area (Å²) in [5.41, 5.74) is 1.01. The highest BCUT2D eigenvalue weighted by Gasteiger charge is 2.04. The molecule has 86 valence electrons. The van der Waals surface area contributed by atoms with E-state index in [0.717, 1.165) is 5.56 Å². The Labute approximate surface area is 91.8 Å². The lowest BCUT2D eigenvalue weighted by atomic mass is 10.2. The van der Waals surface area contributed by atoms with Crippen molar-refractivity contribution in [1.29, 1.82) is 0 Å². The van der Waals surface area contributed by atoms with Crippen molar-refractivity contribution in [2.45, 2.75) is 11.8 Å². The van der Waals surface area contributed by atoms with Crippen LogP contribution in [0.1, 0.15) is 5.56 Å². The maximum Gasteiger partial charge on any atom is 0.238 e. The molecule has 15 heavy (non-hydrogen) atoms. The highest BCUT2D eigenvalue weighted by Crippen LogP contribution is 2.06. The predicted molar refractivity (Wildman–Crippen MR) is 62.2 cm³/mol. The fourth-order valence-electron chi connectivity index (χ4n) is 0.728. The van der Waals surface area contributed by atoms with Gasteiger partial charge in [0, 0.05) is 0 Å². The molecular weight excluding hydrogens is 212 g/mol. The predicted octanol–water partition coefficient (Wildman–Crippen LogP) is 0.820. The summed E-state index contributed by atoms with van der Waals surface area (Å²) < 4.78 is 21.4. The minimum absolute atomic E-state index is 0.156. The Hall–Kier alpha value is -0.910. The molecule has 0 aliphatic carbocycles. The van der Waals surface area contributed by atoms with Crippen molar-refractivity contribution >= 4 is 10.0 Å². The van der Waals surface area contributed by atoms with Crippen LogP contribution in [0.5, 0.6) is 0 Å². The first-order chi connectivity index (χ1) is 6.73. The van der Waals surface area contributed by atoms with Gasteiger partial charge in [-0.3, -0.25) is 0 Å². The Morgan fingerprint density at radius 1 is 1.07 bits per heavy atom. The van der Waals surface area contributed by atoms with Crippen LogP contribution >= 0.6 is 0 Å². The van der Waals surface area contributed by atoms with Gasteiger partial charge in [0.05, 0.1) is 4.90 Å².